The lowest BCUT2D eigenvalue weighted by Gasteiger charge is -2.37. The van der Waals surface area contributed by atoms with Gasteiger partial charge in [0.05, 0.1) is 12.8 Å². The molecule has 104 valence electrons. The maximum atomic E-state index is 12.6. The van der Waals surface area contributed by atoms with Crippen LogP contribution < -0.4 is 9.64 Å². The maximum Gasteiger partial charge on any atom is 0.272 e. The van der Waals surface area contributed by atoms with Crippen LogP contribution in [-0.2, 0) is 11.3 Å². The van der Waals surface area contributed by atoms with E-state index in [2.05, 4.69) is 20.9 Å². The molecule has 1 amide bonds. The average Bonchev–Trinajstić information content (AvgIpc) is 2.89. The number of carbonyl (C=O) groups is 1. The third-order valence-corrected chi connectivity index (χ3v) is 3.52. The van der Waals surface area contributed by atoms with Crippen molar-refractivity contribution in [2.24, 2.45) is 0 Å². The summed E-state index contributed by atoms with van der Waals surface area (Å²) < 4.78 is 11.7. The van der Waals surface area contributed by atoms with Gasteiger partial charge in [-0.2, -0.15) is 0 Å². The van der Waals surface area contributed by atoms with E-state index in [4.69, 9.17) is 9.15 Å². The van der Waals surface area contributed by atoms with Crippen molar-refractivity contribution in [3.8, 4) is 5.75 Å². The second-order valence-corrected chi connectivity index (χ2v) is 5.85. The topological polar surface area (TPSA) is 55.6 Å². The first-order valence-electron chi connectivity index (χ1n) is 6.17. The van der Waals surface area contributed by atoms with Gasteiger partial charge in [-0.25, -0.2) is 4.98 Å². The van der Waals surface area contributed by atoms with E-state index in [0.29, 0.717) is 28.5 Å². The van der Waals surface area contributed by atoms with Crippen molar-refractivity contribution in [2.75, 3.05) is 4.90 Å². The molecule has 0 unspecified atom stereocenters. The van der Waals surface area contributed by atoms with Crippen LogP contribution in [0.4, 0.5) is 5.82 Å². The number of pyridine rings is 1. The van der Waals surface area contributed by atoms with Crippen molar-refractivity contribution in [2.45, 2.75) is 26.0 Å². The Morgan fingerprint density at radius 3 is 2.85 bits per heavy atom. The fourth-order valence-electron chi connectivity index (χ4n) is 2.13. The number of ether oxygens (including phenoxy) is 1. The molecule has 0 N–H and O–H groups in total. The highest BCUT2D eigenvalue weighted by molar-refractivity contribution is 9.10. The minimum atomic E-state index is -0.922. The molecule has 0 atom stereocenters. The van der Waals surface area contributed by atoms with E-state index in [1.165, 1.54) is 0 Å². The van der Waals surface area contributed by atoms with E-state index in [0.717, 1.165) is 0 Å². The Labute approximate surface area is 124 Å². The van der Waals surface area contributed by atoms with Gasteiger partial charge in [0.15, 0.2) is 17.2 Å². The van der Waals surface area contributed by atoms with Crippen molar-refractivity contribution < 1.29 is 13.9 Å². The number of anilines is 1. The molecule has 0 fully saturated rings. The fraction of sp³-hybridized carbons (Fsp3) is 0.286. The smallest absolute Gasteiger partial charge is 0.272 e. The van der Waals surface area contributed by atoms with Gasteiger partial charge in [0.25, 0.3) is 5.91 Å². The number of hydrogen-bond acceptors (Lipinski definition) is 4. The molecule has 0 saturated carbocycles. The maximum absolute atomic E-state index is 12.6. The first-order chi connectivity index (χ1) is 9.47. The van der Waals surface area contributed by atoms with Crippen molar-refractivity contribution in [1.29, 1.82) is 0 Å². The molecule has 1 aliphatic heterocycles. The lowest BCUT2D eigenvalue weighted by Crippen LogP contribution is -2.52. The lowest BCUT2D eigenvalue weighted by molar-refractivity contribution is -0.133. The molecule has 6 heteroatoms. The number of nitrogens with zero attached hydrogens (tertiary/aromatic N) is 2. The number of halogens is 1. The Balaban J connectivity index is 2.06. The summed E-state index contributed by atoms with van der Waals surface area (Å²) in [6, 6.07) is 7.21. The minimum Gasteiger partial charge on any atom is -0.474 e. The van der Waals surface area contributed by atoms with Gasteiger partial charge in [-0.3, -0.25) is 9.69 Å². The molecule has 1 aliphatic rings. The van der Waals surface area contributed by atoms with E-state index in [1.807, 2.05) is 6.07 Å². The Morgan fingerprint density at radius 2 is 2.15 bits per heavy atom. The fourth-order valence-corrected chi connectivity index (χ4v) is 2.43. The number of amides is 1. The van der Waals surface area contributed by atoms with Crippen LogP contribution in [0.15, 0.2) is 39.5 Å². The monoisotopic (exact) mass is 336 g/mol. The standard InChI is InChI=1S/C14H13BrN2O3/c1-14(2)13(18)17(8-9-4-3-7-19-9)12-10(20-14)5-6-11(15)16-12/h3-7H,8H2,1-2H3. The third kappa shape index (κ3) is 2.20. The summed E-state index contributed by atoms with van der Waals surface area (Å²) in [5.74, 6) is 1.64. The molecule has 3 rings (SSSR count). The van der Waals surface area contributed by atoms with Gasteiger partial charge >= 0.3 is 0 Å². The Morgan fingerprint density at radius 1 is 1.35 bits per heavy atom. The highest BCUT2D eigenvalue weighted by atomic mass is 79.9. The number of aromatic nitrogens is 1. The zero-order valence-electron chi connectivity index (χ0n) is 11.1. The zero-order chi connectivity index (χ0) is 14.3. The molecule has 0 aromatic carbocycles. The Bertz CT molecular complexity index is 652. The average molecular weight is 337 g/mol. The SMILES string of the molecule is CC1(C)Oc2ccc(Br)nc2N(Cc2ccco2)C1=O. The van der Waals surface area contributed by atoms with Crippen molar-refractivity contribution in [3.05, 3.63) is 40.9 Å². The summed E-state index contributed by atoms with van der Waals surface area (Å²) in [5.41, 5.74) is -0.922. The molecule has 2 aromatic heterocycles. The molecule has 5 nitrogen and oxygen atoms in total. The highest BCUT2D eigenvalue weighted by Gasteiger charge is 2.42. The summed E-state index contributed by atoms with van der Waals surface area (Å²) in [4.78, 5) is 18.5. The Hall–Kier alpha value is -1.82. The van der Waals surface area contributed by atoms with Crippen LogP contribution in [0.1, 0.15) is 19.6 Å². The quantitative estimate of drug-likeness (QED) is 0.790. The number of fused-ring (bicyclic) bond motifs is 1. The summed E-state index contributed by atoms with van der Waals surface area (Å²) in [7, 11) is 0. The Kier molecular flexibility index (Phi) is 3.05. The normalized spacial score (nSPS) is 16.8. The van der Waals surface area contributed by atoms with Crippen LogP contribution in [0.25, 0.3) is 0 Å². The summed E-state index contributed by atoms with van der Waals surface area (Å²) in [6.07, 6.45) is 1.58. The van der Waals surface area contributed by atoms with E-state index in [1.54, 1.807) is 43.2 Å². The van der Waals surface area contributed by atoms with Crippen LogP contribution in [0.2, 0.25) is 0 Å². The molecule has 0 saturated heterocycles. The van der Waals surface area contributed by atoms with Gasteiger partial charge in [-0.15, -0.1) is 0 Å². The van der Waals surface area contributed by atoms with Crippen LogP contribution in [0.3, 0.4) is 0 Å². The largest absolute Gasteiger partial charge is 0.474 e. The van der Waals surface area contributed by atoms with E-state index >= 15 is 0 Å². The van der Waals surface area contributed by atoms with Gasteiger partial charge in [-0.05, 0) is 54.0 Å². The molecular formula is C14H13BrN2O3. The zero-order valence-corrected chi connectivity index (χ0v) is 12.7. The van der Waals surface area contributed by atoms with Gasteiger partial charge in [0.2, 0.25) is 0 Å². The van der Waals surface area contributed by atoms with E-state index in [-0.39, 0.29) is 5.91 Å². The first-order valence-corrected chi connectivity index (χ1v) is 6.96. The van der Waals surface area contributed by atoms with Crippen LogP contribution >= 0.6 is 15.9 Å². The summed E-state index contributed by atoms with van der Waals surface area (Å²) in [6.45, 7) is 3.82. The van der Waals surface area contributed by atoms with Gasteiger partial charge in [0, 0.05) is 0 Å². The lowest BCUT2D eigenvalue weighted by atomic mass is 10.1. The van der Waals surface area contributed by atoms with Crippen molar-refractivity contribution in [3.63, 3.8) is 0 Å². The predicted octanol–water partition coefficient (Wildman–Crippen LogP) is 3.14. The summed E-state index contributed by atoms with van der Waals surface area (Å²) in [5, 5.41) is 0. The van der Waals surface area contributed by atoms with Crippen molar-refractivity contribution >= 4 is 27.7 Å². The molecule has 3 heterocycles. The molecule has 0 radical (unpaired) electrons. The van der Waals surface area contributed by atoms with E-state index < -0.39 is 5.60 Å². The van der Waals surface area contributed by atoms with Crippen LogP contribution in [-0.4, -0.2) is 16.5 Å². The third-order valence-electron chi connectivity index (χ3n) is 3.08. The number of rotatable bonds is 2. The number of furan rings is 1. The number of carbonyl (C=O) groups excluding carboxylic acids is 1. The molecule has 0 bridgehead atoms. The number of hydrogen-bond donors (Lipinski definition) is 0. The molecular weight excluding hydrogens is 324 g/mol. The molecule has 0 spiro atoms. The molecule has 2 aromatic rings. The van der Waals surface area contributed by atoms with Gasteiger partial charge < -0.3 is 9.15 Å². The first kappa shape index (κ1) is 13.2. The minimum absolute atomic E-state index is 0.146. The molecule has 0 aliphatic carbocycles. The van der Waals surface area contributed by atoms with Gasteiger partial charge in [-0.1, -0.05) is 0 Å². The van der Waals surface area contributed by atoms with Crippen molar-refractivity contribution in [1.82, 2.24) is 4.98 Å². The highest BCUT2D eigenvalue weighted by Crippen LogP contribution is 2.37. The molecule has 20 heavy (non-hydrogen) atoms. The summed E-state index contributed by atoms with van der Waals surface area (Å²) >= 11 is 3.32. The van der Waals surface area contributed by atoms with Crippen LogP contribution in [0, 0.1) is 0 Å². The predicted molar refractivity (Wildman–Crippen MR) is 76.5 cm³/mol. The van der Waals surface area contributed by atoms with E-state index in [9.17, 15) is 4.79 Å². The van der Waals surface area contributed by atoms with Gasteiger partial charge in [0.1, 0.15) is 10.4 Å². The second-order valence-electron chi connectivity index (χ2n) is 5.04. The second kappa shape index (κ2) is 4.63. The van der Waals surface area contributed by atoms with Crippen LogP contribution in [0.5, 0.6) is 5.75 Å².